The standard InChI is InChI=1S/C28H32N4O6/c1-5-38-27(35)21-9-7-13-30(17-21)25(33)24-26(34)31(16-20-8-6-10-23(15-20)37-4)28(36)32(29-24)22-12-11-18(2)19(3)14-22/h6,8,10-12,14-15,21H,5,7,9,13,16-17H2,1-4H3. The van der Waals surface area contributed by atoms with Gasteiger partial charge in [0.1, 0.15) is 5.75 Å². The van der Waals surface area contributed by atoms with E-state index < -0.39 is 23.1 Å². The van der Waals surface area contributed by atoms with E-state index in [0.717, 1.165) is 20.4 Å². The zero-order valence-electron chi connectivity index (χ0n) is 22.1. The zero-order valence-corrected chi connectivity index (χ0v) is 22.1. The fourth-order valence-corrected chi connectivity index (χ4v) is 4.53. The van der Waals surface area contributed by atoms with Crippen molar-refractivity contribution >= 4 is 11.9 Å². The molecule has 1 atom stereocenters. The van der Waals surface area contributed by atoms with Crippen LogP contribution < -0.4 is 16.0 Å². The van der Waals surface area contributed by atoms with Crippen molar-refractivity contribution in [1.82, 2.24) is 19.2 Å². The topological polar surface area (TPSA) is 113 Å². The first-order valence-corrected chi connectivity index (χ1v) is 12.6. The summed E-state index contributed by atoms with van der Waals surface area (Å²) in [7, 11) is 1.53. The molecule has 0 N–H and O–H groups in total. The highest BCUT2D eigenvalue weighted by Crippen LogP contribution is 2.19. The normalized spacial score (nSPS) is 15.3. The van der Waals surface area contributed by atoms with Gasteiger partial charge in [0.05, 0.1) is 31.9 Å². The number of benzene rings is 2. The number of piperidine rings is 1. The lowest BCUT2D eigenvalue weighted by Gasteiger charge is -2.31. The van der Waals surface area contributed by atoms with Gasteiger partial charge in [-0.25, -0.2) is 4.79 Å². The quantitative estimate of drug-likeness (QED) is 0.440. The van der Waals surface area contributed by atoms with Crippen molar-refractivity contribution < 1.29 is 19.1 Å². The Morgan fingerprint density at radius 3 is 2.58 bits per heavy atom. The van der Waals surface area contributed by atoms with Gasteiger partial charge in [-0.15, -0.1) is 0 Å². The van der Waals surface area contributed by atoms with Gasteiger partial charge < -0.3 is 14.4 Å². The summed E-state index contributed by atoms with van der Waals surface area (Å²) in [6.45, 7) is 6.25. The number of amides is 1. The maximum Gasteiger partial charge on any atom is 0.352 e. The van der Waals surface area contributed by atoms with E-state index in [1.165, 1.54) is 12.0 Å². The first-order valence-electron chi connectivity index (χ1n) is 12.6. The Hall–Kier alpha value is -4.21. The van der Waals surface area contributed by atoms with E-state index in [1.54, 1.807) is 43.3 Å². The van der Waals surface area contributed by atoms with E-state index in [-0.39, 0.29) is 31.4 Å². The van der Waals surface area contributed by atoms with E-state index in [0.29, 0.717) is 36.4 Å². The van der Waals surface area contributed by atoms with Crippen molar-refractivity contribution in [3.63, 3.8) is 0 Å². The van der Waals surface area contributed by atoms with Crippen molar-refractivity contribution in [2.45, 2.75) is 40.2 Å². The van der Waals surface area contributed by atoms with Crippen molar-refractivity contribution in [2.75, 3.05) is 26.8 Å². The number of carbonyl (C=O) groups excluding carboxylic acids is 2. The fourth-order valence-electron chi connectivity index (χ4n) is 4.53. The van der Waals surface area contributed by atoms with Crippen LogP contribution in [-0.4, -0.2) is 57.9 Å². The Labute approximate surface area is 220 Å². The maximum atomic E-state index is 13.6. The van der Waals surface area contributed by atoms with Crippen LogP contribution >= 0.6 is 0 Å². The molecular weight excluding hydrogens is 488 g/mol. The summed E-state index contributed by atoms with van der Waals surface area (Å²) in [5.74, 6) is -0.888. The number of nitrogens with zero attached hydrogens (tertiary/aromatic N) is 4. The predicted molar refractivity (Wildman–Crippen MR) is 141 cm³/mol. The van der Waals surface area contributed by atoms with Gasteiger partial charge in [0.25, 0.3) is 11.5 Å². The summed E-state index contributed by atoms with van der Waals surface area (Å²) in [4.78, 5) is 54.5. The first kappa shape index (κ1) is 26.8. The molecule has 2 aromatic carbocycles. The zero-order chi connectivity index (χ0) is 27.4. The summed E-state index contributed by atoms with van der Waals surface area (Å²) in [5.41, 5.74) is 1.22. The molecule has 2 heterocycles. The number of esters is 1. The molecule has 10 nitrogen and oxygen atoms in total. The Kier molecular flexibility index (Phi) is 8.09. The number of aryl methyl sites for hydroxylation is 2. The highest BCUT2D eigenvalue weighted by molar-refractivity contribution is 5.92. The van der Waals surface area contributed by atoms with Crippen LogP contribution in [-0.2, 0) is 16.1 Å². The van der Waals surface area contributed by atoms with Crippen LogP contribution in [0.1, 0.15) is 46.9 Å². The molecule has 1 aromatic heterocycles. The molecule has 0 spiro atoms. The predicted octanol–water partition coefficient (Wildman–Crippen LogP) is 2.48. The van der Waals surface area contributed by atoms with Crippen LogP contribution in [0.25, 0.3) is 5.69 Å². The van der Waals surface area contributed by atoms with E-state index >= 15 is 0 Å². The van der Waals surface area contributed by atoms with Gasteiger partial charge in [-0.2, -0.15) is 9.78 Å². The molecule has 1 aliphatic heterocycles. The largest absolute Gasteiger partial charge is 0.497 e. The van der Waals surface area contributed by atoms with Gasteiger partial charge in [-0.1, -0.05) is 18.2 Å². The van der Waals surface area contributed by atoms with Crippen molar-refractivity contribution in [1.29, 1.82) is 0 Å². The number of aromatic nitrogens is 3. The molecule has 3 aromatic rings. The second kappa shape index (κ2) is 11.5. The van der Waals surface area contributed by atoms with Gasteiger partial charge in [-0.3, -0.25) is 19.0 Å². The Bertz CT molecular complexity index is 1470. The van der Waals surface area contributed by atoms with Crippen LogP contribution in [0.15, 0.2) is 52.1 Å². The van der Waals surface area contributed by atoms with Gasteiger partial charge in [0, 0.05) is 13.1 Å². The summed E-state index contributed by atoms with van der Waals surface area (Å²) in [5, 5.41) is 4.27. The van der Waals surface area contributed by atoms with Gasteiger partial charge in [-0.05, 0) is 74.6 Å². The number of rotatable bonds is 7. The molecule has 4 rings (SSSR count). The number of hydrogen-bond donors (Lipinski definition) is 0. The molecule has 38 heavy (non-hydrogen) atoms. The molecule has 1 amide bonds. The highest BCUT2D eigenvalue weighted by Gasteiger charge is 2.32. The van der Waals surface area contributed by atoms with Gasteiger partial charge in [0.15, 0.2) is 0 Å². The highest BCUT2D eigenvalue weighted by atomic mass is 16.5. The second-order valence-corrected chi connectivity index (χ2v) is 9.40. The van der Waals surface area contributed by atoms with E-state index in [9.17, 15) is 19.2 Å². The molecule has 1 unspecified atom stereocenters. The number of methoxy groups -OCH3 is 1. The lowest BCUT2D eigenvalue weighted by Crippen LogP contribution is -2.49. The fraction of sp³-hybridized carbons (Fsp3) is 0.393. The minimum absolute atomic E-state index is 0.0754. The summed E-state index contributed by atoms with van der Waals surface area (Å²) < 4.78 is 12.5. The molecule has 1 aliphatic rings. The Morgan fingerprint density at radius 2 is 1.87 bits per heavy atom. The average Bonchev–Trinajstić information content (AvgIpc) is 2.92. The van der Waals surface area contributed by atoms with Crippen molar-refractivity contribution in [2.24, 2.45) is 5.92 Å². The monoisotopic (exact) mass is 520 g/mol. The first-order chi connectivity index (χ1) is 18.2. The Morgan fingerprint density at radius 1 is 1.08 bits per heavy atom. The van der Waals surface area contributed by atoms with Gasteiger partial charge in [0.2, 0.25) is 5.69 Å². The van der Waals surface area contributed by atoms with Gasteiger partial charge >= 0.3 is 11.7 Å². The van der Waals surface area contributed by atoms with Crippen molar-refractivity contribution in [3.8, 4) is 11.4 Å². The molecule has 0 aliphatic carbocycles. The van der Waals surface area contributed by atoms with Crippen LogP contribution in [0, 0.1) is 19.8 Å². The van der Waals surface area contributed by atoms with Crippen LogP contribution in [0.2, 0.25) is 0 Å². The average molecular weight is 521 g/mol. The maximum absolute atomic E-state index is 13.6. The lowest BCUT2D eigenvalue weighted by atomic mass is 9.98. The minimum atomic E-state index is -0.791. The number of hydrogen-bond acceptors (Lipinski definition) is 7. The molecule has 0 radical (unpaired) electrons. The SMILES string of the molecule is CCOC(=O)C1CCCN(C(=O)c2nn(-c3ccc(C)c(C)c3)c(=O)n(Cc3cccc(OC)c3)c2=O)C1. The minimum Gasteiger partial charge on any atom is -0.497 e. The van der Waals surface area contributed by atoms with Crippen LogP contribution in [0.3, 0.4) is 0 Å². The van der Waals surface area contributed by atoms with Crippen molar-refractivity contribution in [3.05, 3.63) is 85.7 Å². The van der Waals surface area contributed by atoms with E-state index in [1.807, 2.05) is 19.9 Å². The summed E-state index contributed by atoms with van der Waals surface area (Å²) >= 11 is 0. The van der Waals surface area contributed by atoms with E-state index in [2.05, 4.69) is 5.10 Å². The number of carbonyl (C=O) groups is 2. The van der Waals surface area contributed by atoms with Crippen LogP contribution in [0.4, 0.5) is 0 Å². The number of likely N-dealkylation sites (tertiary alicyclic amines) is 1. The third-order valence-corrected chi connectivity index (χ3v) is 6.80. The Balaban J connectivity index is 1.81. The third kappa shape index (κ3) is 5.53. The summed E-state index contributed by atoms with van der Waals surface area (Å²) in [6.07, 6.45) is 1.18. The molecule has 200 valence electrons. The summed E-state index contributed by atoms with van der Waals surface area (Å²) in [6, 6.07) is 12.4. The smallest absolute Gasteiger partial charge is 0.352 e. The molecule has 10 heteroatoms. The molecular formula is C28H32N4O6. The molecule has 0 saturated carbocycles. The van der Waals surface area contributed by atoms with Crippen LogP contribution in [0.5, 0.6) is 5.75 Å². The molecule has 1 fully saturated rings. The number of ether oxygens (including phenoxy) is 2. The molecule has 1 saturated heterocycles. The third-order valence-electron chi connectivity index (χ3n) is 6.80. The second-order valence-electron chi connectivity index (χ2n) is 9.40. The van der Waals surface area contributed by atoms with E-state index in [4.69, 9.17) is 9.47 Å². The molecule has 0 bridgehead atoms. The lowest BCUT2D eigenvalue weighted by molar-refractivity contribution is -0.149.